The highest BCUT2D eigenvalue weighted by Crippen LogP contribution is 2.45. The quantitative estimate of drug-likeness (QED) is 0.856. The maximum atomic E-state index is 13.3. The molecule has 0 spiro atoms. The van der Waals surface area contributed by atoms with Gasteiger partial charge < -0.3 is 10.4 Å². The summed E-state index contributed by atoms with van der Waals surface area (Å²) >= 11 is 0. The van der Waals surface area contributed by atoms with Gasteiger partial charge in [0, 0.05) is 0 Å². The van der Waals surface area contributed by atoms with Crippen molar-refractivity contribution in [2.24, 2.45) is 0 Å². The Hall–Kier alpha value is -2.77. The van der Waals surface area contributed by atoms with Crippen molar-refractivity contribution < 1.29 is 19.1 Å². The molecule has 0 radical (unpaired) electrons. The van der Waals surface area contributed by atoms with Gasteiger partial charge in [-0.15, -0.1) is 5.10 Å². The molecule has 8 heteroatoms. The van der Waals surface area contributed by atoms with Crippen molar-refractivity contribution in [3.63, 3.8) is 0 Å². The van der Waals surface area contributed by atoms with Crippen LogP contribution in [-0.2, 0) is 16.9 Å². The molecule has 1 aliphatic carbocycles. The van der Waals surface area contributed by atoms with Gasteiger partial charge in [-0.25, -0.2) is 13.9 Å². The van der Waals surface area contributed by atoms with Gasteiger partial charge in [0.25, 0.3) is 0 Å². The smallest absolute Gasteiger partial charge is 0.358 e. The van der Waals surface area contributed by atoms with E-state index in [0.29, 0.717) is 0 Å². The molecule has 0 unspecified atom stereocenters. The van der Waals surface area contributed by atoms with E-state index in [1.807, 2.05) is 0 Å². The number of aromatic nitrogens is 3. The number of benzene rings is 1. The number of rotatable bonds is 5. The first-order valence-corrected chi connectivity index (χ1v) is 6.69. The van der Waals surface area contributed by atoms with Crippen LogP contribution in [0.25, 0.3) is 0 Å². The van der Waals surface area contributed by atoms with Crippen LogP contribution in [0.4, 0.5) is 4.39 Å². The van der Waals surface area contributed by atoms with Crippen molar-refractivity contribution in [1.29, 1.82) is 0 Å². The summed E-state index contributed by atoms with van der Waals surface area (Å²) in [6.45, 7) is -0.142. The van der Waals surface area contributed by atoms with E-state index in [9.17, 15) is 14.0 Å². The lowest BCUT2D eigenvalue weighted by atomic mass is 10.0. The second-order valence-electron chi connectivity index (χ2n) is 5.25. The van der Waals surface area contributed by atoms with Crippen LogP contribution < -0.4 is 5.32 Å². The normalized spacial score (nSPS) is 15.3. The van der Waals surface area contributed by atoms with E-state index in [2.05, 4.69) is 15.6 Å². The minimum atomic E-state index is -1.20. The van der Waals surface area contributed by atoms with Gasteiger partial charge in [0.1, 0.15) is 12.4 Å². The van der Waals surface area contributed by atoms with Crippen LogP contribution in [0.15, 0.2) is 30.5 Å². The number of halogens is 1. The maximum Gasteiger partial charge on any atom is 0.358 e. The molecule has 0 aliphatic heterocycles. The highest BCUT2D eigenvalue weighted by Gasteiger charge is 2.45. The number of aromatic carboxylic acids is 1. The van der Waals surface area contributed by atoms with E-state index >= 15 is 0 Å². The van der Waals surface area contributed by atoms with Crippen LogP contribution in [0.1, 0.15) is 28.9 Å². The molecule has 2 aromatic rings. The molecule has 0 atom stereocenters. The minimum Gasteiger partial charge on any atom is -0.476 e. The molecule has 2 N–H and O–H groups in total. The molecule has 1 heterocycles. The van der Waals surface area contributed by atoms with Gasteiger partial charge in [-0.05, 0) is 30.5 Å². The van der Waals surface area contributed by atoms with Crippen molar-refractivity contribution in [1.82, 2.24) is 20.3 Å². The van der Waals surface area contributed by atoms with E-state index in [1.165, 1.54) is 18.3 Å². The molecule has 1 aliphatic rings. The summed E-state index contributed by atoms with van der Waals surface area (Å²) in [6.07, 6.45) is 2.66. The second kappa shape index (κ2) is 5.21. The first kappa shape index (κ1) is 14.2. The first-order valence-electron chi connectivity index (χ1n) is 6.69. The molecular formula is C14H13FN4O3. The molecule has 114 valence electrons. The lowest BCUT2D eigenvalue weighted by Crippen LogP contribution is -2.37. The molecule has 22 heavy (non-hydrogen) atoms. The van der Waals surface area contributed by atoms with E-state index in [1.54, 1.807) is 12.1 Å². The summed E-state index contributed by atoms with van der Waals surface area (Å²) in [6, 6.07) is 6.14. The number of nitrogens with zero attached hydrogens (tertiary/aromatic N) is 3. The number of carbonyl (C=O) groups is 2. The number of carboxylic acids is 1. The Balaban J connectivity index is 1.67. The average molecular weight is 304 g/mol. The molecule has 1 amide bonds. The van der Waals surface area contributed by atoms with Crippen molar-refractivity contribution in [3.05, 3.63) is 47.5 Å². The zero-order valence-electron chi connectivity index (χ0n) is 11.5. The number of hydrogen-bond acceptors (Lipinski definition) is 4. The Bertz CT molecular complexity index is 739. The molecule has 1 saturated carbocycles. The SMILES string of the molecule is O=C(Cn1cc(C(=O)O)nn1)NC1(c2cccc(F)c2)CC1. The topological polar surface area (TPSA) is 97.1 Å². The second-order valence-corrected chi connectivity index (χ2v) is 5.25. The lowest BCUT2D eigenvalue weighted by Gasteiger charge is -2.18. The Labute approximate surface area is 124 Å². The fraction of sp³-hybridized carbons (Fsp3) is 0.286. The molecule has 1 aromatic heterocycles. The van der Waals surface area contributed by atoms with Crippen molar-refractivity contribution >= 4 is 11.9 Å². The molecule has 1 aromatic carbocycles. The summed E-state index contributed by atoms with van der Waals surface area (Å²) in [4.78, 5) is 22.8. The van der Waals surface area contributed by atoms with E-state index in [-0.39, 0.29) is 24.0 Å². The van der Waals surface area contributed by atoms with Crippen LogP contribution >= 0.6 is 0 Å². The number of amides is 1. The van der Waals surface area contributed by atoms with Crippen LogP contribution in [0.2, 0.25) is 0 Å². The third-order valence-electron chi connectivity index (χ3n) is 3.57. The standard InChI is InChI=1S/C14H13FN4O3/c15-10-3-1-2-9(6-10)14(4-5-14)16-12(20)8-19-7-11(13(21)22)17-18-19/h1-3,6-7H,4-5,8H2,(H,16,20)(H,21,22). The molecule has 0 bridgehead atoms. The van der Waals surface area contributed by atoms with Gasteiger partial charge in [-0.3, -0.25) is 4.79 Å². The summed E-state index contributed by atoms with van der Waals surface area (Å²) in [5.41, 5.74) is -0.0280. The molecule has 7 nitrogen and oxygen atoms in total. The minimum absolute atomic E-state index is 0.142. The van der Waals surface area contributed by atoms with E-state index < -0.39 is 11.5 Å². The van der Waals surface area contributed by atoms with Gasteiger partial charge in [0.2, 0.25) is 5.91 Å². The highest BCUT2D eigenvalue weighted by atomic mass is 19.1. The monoisotopic (exact) mass is 304 g/mol. The molecule has 3 rings (SSSR count). The predicted molar refractivity (Wildman–Crippen MR) is 72.4 cm³/mol. The number of nitrogens with one attached hydrogen (secondary N) is 1. The van der Waals surface area contributed by atoms with Crippen LogP contribution in [-0.4, -0.2) is 32.0 Å². The number of hydrogen-bond donors (Lipinski definition) is 2. The Morgan fingerprint density at radius 3 is 2.77 bits per heavy atom. The van der Waals surface area contributed by atoms with Crippen LogP contribution in [0.5, 0.6) is 0 Å². The summed E-state index contributed by atoms with van der Waals surface area (Å²) in [5, 5.41) is 18.6. The average Bonchev–Trinajstić information content (AvgIpc) is 3.08. The van der Waals surface area contributed by atoms with Gasteiger partial charge in [-0.1, -0.05) is 17.3 Å². The summed E-state index contributed by atoms with van der Waals surface area (Å²) in [7, 11) is 0. The van der Waals surface area contributed by atoms with E-state index in [4.69, 9.17) is 5.11 Å². The maximum absolute atomic E-state index is 13.3. The highest BCUT2D eigenvalue weighted by molar-refractivity contribution is 5.85. The van der Waals surface area contributed by atoms with Gasteiger partial charge in [-0.2, -0.15) is 0 Å². The Morgan fingerprint density at radius 2 is 2.18 bits per heavy atom. The number of carboxylic acid groups (broad SMARTS) is 1. The third kappa shape index (κ3) is 2.80. The molecule has 0 saturated heterocycles. The van der Waals surface area contributed by atoms with Crippen molar-refractivity contribution in [2.75, 3.05) is 0 Å². The Morgan fingerprint density at radius 1 is 1.41 bits per heavy atom. The fourth-order valence-corrected chi connectivity index (χ4v) is 2.32. The largest absolute Gasteiger partial charge is 0.476 e. The lowest BCUT2D eigenvalue weighted by molar-refractivity contribution is -0.122. The Kier molecular flexibility index (Phi) is 3.36. The zero-order valence-corrected chi connectivity index (χ0v) is 11.5. The van der Waals surface area contributed by atoms with Crippen molar-refractivity contribution in [2.45, 2.75) is 24.9 Å². The fourth-order valence-electron chi connectivity index (χ4n) is 2.32. The van der Waals surface area contributed by atoms with Gasteiger partial charge in [0.05, 0.1) is 11.7 Å². The number of carbonyl (C=O) groups excluding carboxylic acids is 1. The predicted octanol–water partition coefficient (Wildman–Crippen LogP) is 0.921. The molecular weight excluding hydrogens is 291 g/mol. The first-order chi connectivity index (χ1) is 10.5. The van der Waals surface area contributed by atoms with Gasteiger partial charge >= 0.3 is 5.97 Å². The summed E-state index contributed by atoms with van der Waals surface area (Å²) in [5.74, 6) is -1.88. The summed E-state index contributed by atoms with van der Waals surface area (Å²) < 4.78 is 14.5. The van der Waals surface area contributed by atoms with Crippen LogP contribution in [0.3, 0.4) is 0 Å². The van der Waals surface area contributed by atoms with Gasteiger partial charge in [0.15, 0.2) is 5.69 Å². The third-order valence-corrected chi connectivity index (χ3v) is 3.57. The van der Waals surface area contributed by atoms with Crippen LogP contribution in [0, 0.1) is 5.82 Å². The van der Waals surface area contributed by atoms with Crippen molar-refractivity contribution in [3.8, 4) is 0 Å². The molecule has 1 fully saturated rings. The van der Waals surface area contributed by atoms with E-state index in [0.717, 1.165) is 23.1 Å². The zero-order chi connectivity index (χ0) is 15.7.